The van der Waals surface area contributed by atoms with Crippen molar-refractivity contribution in [1.82, 2.24) is 21.3 Å². The lowest BCUT2D eigenvalue weighted by molar-refractivity contribution is -0.404. The standard InChI is InChI=1S/C82H144N4O39/c1-6-8-10-12-14-16-18-20-22-24-26-28-30-32-47(95)46(86-56(100)33-31-29-27-25-23-21-19-17-15-13-11-9-7-2)41-114-76-67(108)65(106)69(53(39-90)117-76)120-78-68(109)74(125-82(80(112)113)35-49(97)58(84-44(4)93)73(124-82)61(102)51(99)37-88)70(54(40-91)118-78)121-75-59(85-45(5)94)71(122-77-66(107)64(105)62(103)52(38-89)116-77)63(104)55(119-75)42-115-81(79(110)111)34-48(96)57(83-43(3)92)72(123-81)60(101)50(98)36-87/h30,32,46-55,57-78,87-91,95-99,101-109H,6-29,31,33-42H2,1-5H3,(H,83,92)(H,84,93)(H,85,94)(H,86,100)(H,110,111)(H,112,113)/b32-30+/t46-,47+,48?,49?,50+,51+,52?,53?,54?,55?,57+,58+,59?,60+,61+,62-,63-,64-,65+,66?,67?,68?,69+,70-,71+,72?,73?,74+,75-,76+,77-,78-,81+,82-/m0/s1. The fourth-order valence-corrected chi connectivity index (χ4v) is 16.4. The largest absolute Gasteiger partial charge is 0.477 e. The zero-order valence-electron chi connectivity index (χ0n) is 72.1. The third kappa shape index (κ3) is 31.8. The number of aliphatic carboxylic acids is 2. The molecule has 0 aromatic rings. The number of rotatable bonds is 57. The number of carboxylic acids is 2. The highest BCUT2D eigenvalue weighted by molar-refractivity contribution is 5.78. The van der Waals surface area contributed by atoms with Crippen LogP contribution >= 0.6 is 0 Å². The topological polar surface area (TPSA) is 686 Å². The summed E-state index contributed by atoms with van der Waals surface area (Å²) in [6, 6.07) is -7.04. The Morgan fingerprint density at radius 1 is 0.432 bits per heavy atom. The van der Waals surface area contributed by atoms with E-state index in [9.17, 15) is 136 Å². The Morgan fingerprint density at radius 3 is 1.32 bits per heavy atom. The van der Waals surface area contributed by atoms with Crippen LogP contribution in [0.15, 0.2) is 12.2 Å². The number of aliphatic hydroxyl groups excluding tert-OH is 19. The molecule has 0 aromatic carbocycles. The van der Waals surface area contributed by atoms with Crippen LogP contribution in [-0.4, -0.2) is 396 Å². The van der Waals surface area contributed by atoms with Crippen molar-refractivity contribution in [2.45, 2.75) is 422 Å². The van der Waals surface area contributed by atoms with E-state index < -0.39 is 302 Å². The van der Waals surface area contributed by atoms with Crippen molar-refractivity contribution in [2.24, 2.45) is 0 Å². The number of hydrogen-bond acceptors (Lipinski definition) is 37. The van der Waals surface area contributed by atoms with Crippen LogP contribution in [-0.2, 0) is 85.6 Å². The summed E-state index contributed by atoms with van der Waals surface area (Å²) in [6.45, 7) is -0.979. The second-order valence-corrected chi connectivity index (χ2v) is 33.6. The summed E-state index contributed by atoms with van der Waals surface area (Å²) in [6.07, 6.45) is -35.1. The van der Waals surface area contributed by atoms with Gasteiger partial charge in [-0.2, -0.15) is 0 Å². The van der Waals surface area contributed by atoms with Crippen LogP contribution in [0.25, 0.3) is 0 Å². The van der Waals surface area contributed by atoms with Crippen LogP contribution in [0.2, 0.25) is 0 Å². The fraction of sp³-hybridized carbons (Fsp3) is 0.902. The number of amides is 4. The van der Waals surface area contributed by atoms with Crippen LogP contribution < -0.4 is 21.3 Å². The summed E-state index contributed by atoms with van der Waals surface area (Å²) in [4.78, 5) is 80.0. The summed E-state index contributed by atoms with van der Waals surface area (Å²) in [5.41, 5.74) is 0. The van der Waals surface area contributed by atoms with Crippen molar-refractivity contribution in [3.8, 4) is 0 Å². The number of carbonyl (C=O) groups is 6. The van der Waals surface area contributed by atoms with Crippen LogP contribution in [0, 0.1) is 0 Å². The van der Waals surface area contributed by atoms with Gasteiger partial charge in [-0.3, -0.25) is 19.2 Å². The zero-order chi connectivity index (χ0) is 92.4. The second kappa shape index (κ2) is 55.0. The number of carboxylic acid groups (broad SMARTS) is 2. The normalized spacial score (nSPS) is 35.5. The Labute approximate surface area is 727 Å². The van der Waals surface area contributed by atoms with Crippen molar-refractivity contribution < 1.29 is 193 Å². The Morgan fingerprint density at radius 2 is 0.840 bits per heavy atom. The summed E-state index contributed by atoms with van der Waals surface area (Å²) >= 11 is 0. The van der Waals surface area contributed by atoms with Gasteiger partial charge in [-0.25, -0.2) is 9.59 Å². The van der Waals surface area contributed by atoms with Crippen molar-refractivity contribution in [2.75, 3.05) is 46.2 Å². The van der Waals surface area contributed by atoms with Gasteiger partial charge in [0.25, 0.3) is 11.6 Å². The molecule has 6 aliphatic rings. The van der Waals surface area contributed by atoms with Gasteiger partial charge in [0, 0.05) is 40.0 Å². The Hall–Kier alpha value is -4.68. The van der Waals surface area contributed by atoms with Crippen LogP contribution in [0.3, 0.4) is 0 Å². The van der Waals surface area contributed by atoms with Gasteiger partial charge in [-0.15, -0.1) is 0 Å². The summed E-state index contributed by atoms with van der Waals surface area (Å²) in [5, 5.41) is 247. The molecule has 0 aromatic heterocycles. The zero-order valence-corrected chi connectivity index (χ0v) is 72.1. The molecule has 0 saturated carbocycles. The molecule has 726 valence electrons. The first-order valence-corrected chi connectivity index (χ1v) is 44.2. The molecule has 43 nitrogen and oxygen atoms in total. The van der Waals surface area contributed by atoms with E-state index in [-0.39, 0.29) is 6.42 Å². The molecule has 6 fully saturated rings. The molecule has 125 heavy (non-hydrogen) atoms. The molecule has 6 aliphatic heterocycles. The predicted molar refractivity (Wildman–Crippen MR) is 431 cm³/mol. The highest BCUT2D eigenvalue weighted by Crippen LogP contribution is 2.43. The minimum absolute atomic E-state index is 0.0851. The van der Waals surface area contributed by atoms with Crippen molar-refractivity contribution in [1.29, 1.82) is 0 Å². The highest BCUT2D eigenvalue weighted by Gasteiger charge is 2.64. The number of allylic oxidation sites excluding steroid dienone is 1. The van der Waals surface area contributed by atoms with E-state index >= 15 is 0 Å². The molecule has 25 N–H and O–H groups in total. The molecular weight excluding hydrogens is 1660 g/mol. The van der Waals surface area contributed by atoms with Crippen LogP contribution in [0.4, 0.5) is 0 Å². The van der Waals surface area contributed by atoms with E-state index in [0.717, 1.165) is 85.0 Å². The molecule has 0 spiro atoms. The van der Waals surface area contributed by atoms with Crippen molar-refractivity contribution in [3.05, 3.63) is 12.2 Å². The van der Waals surface area contributed by atoms with Gasteiger partial charge in [0.05, 0.1) is 82.7 Å². The molecule has 0 radical (unpaired) electrons. The number of carbonyl (C=O) groups excluding carboxylic acids is 4. The lowest BCUT2D eigenvalue weighted by Gasteiger charge is -2.53. The second-order valence-electron chi connectivity index (χ2n) is 33.6. The maximum absolute atomic E-state index is 14.1. The molecule has 6 rings (SSSR count). The minimum Gasteiger partial charge on any atom is -0.477 e. The fourth-order valence-electron chi connectivity index (χ4n) is 16.4. The Kier molecular flexibility index (Phi) is 48.0. The first-order chi connectivity index (χ1) is 59.5. The van der Waals surface area contributed by atoms with Gasteiger partial charge in [0.2, 0.25) is 23.6 Å². The number of unbranched alkanes of at least 4 members (excludes halogenated alkanes) is 23. The van der Waals surface area contributed by atoms with Crippen molar-refractivity contribution >= 4 is 35.6 Å². The van der Waals surface area contributed by atoms with E-state index in [4.69, 9.17) is 56.8 Å². The Bertz CT molecular complexity index is 3160. The third-order valence-corrected chi connectivity index (χ3v) is 23.6. The van der Waals surface area contributed by atoms with Gasteiger partial charge >= 0.3 is 11.9 Å². The summed E-state index contributed by atoms with van der Waals surface area (Å²) in [7, 11) is 0. The van der Waals surface area contributed by atoms with Crippen molar-refractivity contribution in [3.63, 3.8) is 0 Å². The molecule has 34 atom stereocenters. The molecular formula is C82H144N4O39. The molecule has 0 bridgehead atoms. The first kappa shape index (κ1) is 109. The lowest BCUT2D eigenvalue weighted by Crippen LogP contribution is -2.72. The van der Waals surface area contributed by atoms with E-state index in [1.807, 2.05) is 0 Å². The third-order valence-electron chi connectivity index (χ3n) is 23.6. The molecule has 0 aliphatic carbocycles. The smallest absolute Gasteiger partial charge is 0.364 e. The highest BCUT2D eigenvalue weighted by atomic mass is 16.8. The number of nitrogens with one attached hydrogen (secondary N) is 4. The maximum Gasteiger partial charge on any atom is 0.364 e. The summed E-state index contributed by atoms with van der Waals surface area (Å²) in [5.74, 6) is -14.5. The van der Waals surface area contributed by atoms with Gasteiger partial charge in [0.1, 0.15) is 134 Å². The van der Waals surface area contributed by atoms with Gasteiger partial charge < -0.3 is 185 Å². The van der Waals surface area contributed by atoms with E-state index in [1.54, 1.807) is 6.08 Å². The maximum atomic E-state index is 14.1. The van der Waals surface area contributed by atoms with E-state index in [0.29, 0.717) is 12.8 Å². The average molecular weight is 1810 g/mol. The van der Waals surface area contributed by atoms with Gasteiger partial charge in [-0.05, 0) is 19.3 Å². The first-order valence-electron chi connectivity index (χ1n) is 44.2. The van der Waals surface area contributed by atoms with Crippen LogP contribution in [0.1, 0.15) is 214 Å². The van der Waals surface area contributed by atoms with Gasteiger partial charge in [-0.1, -0.05) is 167 Å². The quantitative estimate of drug-likeness (QED) is 0.0201. The lowest BCUT2D eigenvalue weighted by atomic mass is 9.88. The molecule has 6 saturated heterocycles. The van der Waals surface area contributed by atoms with Crippen LogP contribution in [0.5, 0.6) is 0 Å². The SMILES string of the molecule is CCCCCCCCCCCCC/C=C/[C@@H](O)[C@H](CO[C@@H]1OC(CO)[C@@H](O[C@@H]2OC(CO)[C@H](O[C@@H]3OC(CO[C@]4(C(=O)O)CC(O)[C@@H](NC(C)=O)C([C@H](O)[C@H](O)CO)O4)[C@H](O)[C@H](O[C@@H]4OC(CO)[C@H](O)[C@H](O)C4O)C3NC(C)=O)[C@H](O[C@]3(C(=O)O)CC(O)[C@@H](NC(C)=O)C([C@H](O)[C@H](O)CO)O3)C2O)[C@H](O)C1O)NC(=O)CCCCCCCCCCCCCCC. The summed E-state index contributed by atoms with van der Waals surface area (Å²) < 4.78 is 72.7. The molecule has 6 heterocycles. The Balaban J connectivity index is 1.36. The number of aliphatic hydroxyl groups is 19. The minimum atomic E-state index is -3.55. The number of ether oxygens (including phenoxy) is 12. The number of hydrogen-bond donors (Lipinski definition) is 25. The molecule has 12 unspecified atom stereocenters. The van der Waals surface area contributed by atoms with E-state index in [2.05, 4.69) is 35.1 Å². The monoisotopic (exact) mass is 1810 g/mol. The van der Waals surface area contributed by atoms with E-state index in [1.165, 1.54) is 89.5 Å². The average Bonchev–Trinajstić information content (AvgIpc) is 0.748. The van der Waals surface area contributed by atoms with Gasteiger partial charge in [0.15, 0.2) is 25.2 Å². The molecule has 4 amide bonds. The predicted octanol–water partition coefficient (Wildman–Crippen LogP) is -4.65. The molecule has 43 heteroatoms.